The van der Waals surface area contributed by atoms with Gasteiger partial charge in [-0.1, -0.05) is 54.6 Å². The molecule has 1 aliphatic rings. The number of aromatic nitrogens is 3. The Morgan fingerprint density at radius 3 is 2.74 bits per heavy atom. The van der Waals surface area contributed by atoms with Gasteiger partial charge in [-0.25, -0.2) is 4.98 Å². The van der Waals surface area contributed by atoms with Crippen LogP contribution in [0.15, 0.2) is 85.2 Å². The van der Waals surface area contributed by atoms with Crippen LogP contribution in [0.3, 0.4) is 0 Å². The van der Waals surface area contributed by atoms with Crippen LogP contribution >= 0.6 is 0 Å². The van der Waals surface area contributed by atoms with Crippen molar-refractivity contribution in [3.8, 4) is 22.6 Å². The summed E-state index contributed by atoms with van der Waals surface area (Å²) in [4.78, 5) is 4.50. The van der Waals surface area contributed by atoms with Gasteiger partial charge < -0.3 is 14.8 Å². The van der Waals surface area contributed by atoms with E-state index in [4.69, 9.17) is 9.47 Å². The number of hydrogen-bond acceptors (Lipinski definition) is 5. The normalized spacial score (nSPS) is 15.1. The Kier molecular flexibility index (Phi) is 6.63. The van der Waals surface area contributed by atoms with Gasteiger partial charge in [-0.05, 0) is 71.0 Å². The molecule has 0 saturated carbocycles. The summed E-state index contributed by atoms with van der Waals surface area (Å²) in [5.41, 5.74) is 9.04. The topological polar surface area (TPSA) is 72.1 Å². The van der Waals surface area contributed by atoms with Gasteiger partial charge in [0, 0.05) is 23.7 Å². The summed E-state index contributed by atoms with van der Waals surface area (Å²) < 4.78 is 11.9. The molecule has 0 bridgehead atoms. The summed E-state index contributed by atoms with van der Waals surface area (Å²) in [5.74, 6) is 1.54. The van der Waals surface area contributed by atoms with Crippen LogP contribution in [0.2, 0.25) is 0 Å². The second-order valence-electron chi connectivity index (χ2n) is 9.62. The Morgan fingerprint density at radius 1 is 0.974 bits per heavy atom. The number of ether oxygens (including phenoxy) is 2. The zero-order valence-electron chi connectivity index (χ0n) is 21.6. The maximum atomic E-state index is 6.16. The SMILES string of the molecule is COc1cc2c(cc1OCc1ccccc1)CCNC2/C=C/c1cc(-c2cnc3[nH]ncc3c2)ccc1C. The minimum absolute atomic E-state index is 0.0860. The second kappa shape index (κ2) is 10.5. The maximum absolute atomic E-state index is 6.16. The molecule has 6 rings (SSSR count). The molecule has 0 saturated heterocycles. The number of nitrogens with zero attached hydrogens (tertiary/aromatic N) is 2. The number of benzene rings is 3. The molecule has 190 valence electrons. The van der Waals surface area contributed by atoms with Crippen LogP contribution in [0.5, 0.6) is 11.5 Å². The Balaban J connectivity index is 1.26. The highest BCUT2D eigenvalue weighted by atomic mass is 16.5. The molecule has 0 aliphatic carbocycles. The zero-order chi connectivity index (χ0) is 25.9. The molecular formula is C32H30N4O2. The van der Waals surface area contributed by atoms with Crippen LogP contribution in [-0.2, 0) is 13.0 Å². The van der Waals surface area contributed by atoms with E-state index in [1.54, 1.807) is 13.3 Å². The van der Waals surface area contributed by atoms with Crippen molar-refractivity contribution in [2.75, 3.05) is 13.7 Å². The van der Waals surface area contributed by atoms with Crippen LogP contribution in [0.1, 0.15) is 33.9 Å². The average molecular weight is 503 g/mol. The molecular weight excluding hydrogens is 472 g/mol. The molecule has 2 N–H and O–H groups in total. The second-order valence-corrected chi connectivity index (χ2v) is 9.62. The quantitative estimate of drug-likeness (QED) is 0.269. The predicted octanol–water partition coefficient (Wildman–Crippen LogP) is 6.42. The first kappa shape index (κ1) is 23.9. The molecule has 0 fully saturated rings. The number of methoxy groups -OCH3 is 1. The van der Waals surface area contributed by atoms with Crippen molar-refractivity contribution < 1.29 is 9.47 Å². The van der Waals surface area contributed by atoms with E-state index < -0.39 is 0 Å². The Hall–Kier alpha value is -4.42. The molecule has 3 heterocycles. The van der Waals surface area contributed by atoms with Crippen molar-refractivity contribution in [3.63, 3.8) is 0 Å². The monoisotopic (exact) mass is 502 g/mol. The van der Waals surface area contributed by atoms with Gasteiger partial charge in [-0.2, -0.15) is 5.10 Å². The van der Waals surface area contributed by atoms with E-state index in [0.717, 1.165) is 52.2 Å². The third kappa shape index (κ3) is 4.91. The summed E-state index contributed by atoms with van der Waals surface area (Å²) in [6.07, 6.45) is 9.09. The summed E-state index contributed by atoms with van der Waals surface area (Å²) in [6.45, 7) is 3.56. The largest absolute Gasteiger partial charge is 0.493 e. The Bertz CT molecular complexity index is 1610. The van der Waals surface area contributed by atoms with E-state index >= 15 is 0 Å². The number of hydrogen-bond donors (Lipinski definition) is 2. The molecule has 3 aromatic carbocycles. The molecule has 5 aromatic rings. The Morgan fingerprint density at radius 2 is 1.87 bits per heavy atom. The van der Waals surface area contributed by atoms with Gasteiger partial charge in [0.05, 0.1) is 19.3 Å². The van der Waals surface area contributed by atoms with E-state index in [-0.39, 0.29) is 6.04 Å². The third-order valence-electron chi connectivity index (χ3n) is 7.13. The molecule has 6 heteroatoms. The first-order valence-electron chi connectivity index (χ1n) is 12.9. The van der Waals surface area contributed by atoms with Crippen LogP contribution in [-0.4, -0.2) is 28.8 Å². The number of rotatable bonds is 7. The van der Waals surface area contributed by atoms with Gasteiger partial charge in [-0.3, -0.25) is 5.10 Å². The van der Waals surface area contributed by atoms with E-state index in [9.17, 15) is 0 Å². The zero-order valence-corrected chi connectivity index (χ0v) is 21.6. The lowest BCUT2D eigenvalue weighted by Gasteiger charge is -2.26. The molecule has 0 radical (unpaired) electrons. The maximum Gasteiger partial charge on any atom is 0.161 e. The van der Waals surface area contributed by atoms with Gasteiger partial charge in [0.1, 0.15) is 6.61 Å². The lowest BCUT2D eigenvalue weighted by atomic mass is 9.92. The molecule has 0 spiro atoms. The number of fused-ring (bicyclic) bond motifs is 2. The van der Waals surface area contributed by atoms with Gasteiger partial charge in [-0.15, -0.1) is 0 Å². The highest BCUT2D eigenvalue weighted by Crippen LogP contribution is 2.36. The van der Waals surface area contributed by atoms with Crippen molar-refractivity contribution in [2.24, 2.45) is 0 Å². The molecule has 1 unspecified atom stereocenters. The van der Waals surface area contributed by atoms with Gasteiger partial charge in [0.15, 0.2) is 17.1 Å². The lowest BCUT2D eigenvalue weighted by Crippen LogP contribution is -2.28. The number of H-pyrrole nitrogens is 1. The Labute approximate surface area is 222 Å². The summed E-state index contributed by atoms with van der Waals surface area (Å²) >= 11 is 0. The molecule has 1 aliphatic heterocycles. The van der Waals surface area contributed by atoms with E-state index in [2.05, 4.69) is 88.1 Å². The van der Waals surface area contributed by atoms with Crippen LogP contribution < -0.4 is 14.8 Å². The smallest absolute Gasteiger partial charge is 0.161 e. The first-order chi connectivity index (χ1) is 18.7. The minimum Gasteiger partial charge on any atom is -0.493 e. The van der Waals surface area contributed by atoms with Gasteiger partial charge >= 0.3 is 0 Å². The van der Waals surface area contributed by atoms with E-state index in [0.29, 0.717) is 6.61 Å². The van der Waals surface area contributed by atoms with Crippen LogP contribution in [0.4, 0.5) is 0 Å². The number of aryl methyl sites for hydroxylation is 1. The highest BCUT2D eigenvalue weighted by molar-refractivity contribution is 5.81. The summed E-state index contributed by atoms with van der Waals surface area (Å²) in [6, 6.07) is 23.2. The van der Waals surface area contributed by atoms with Crippen LogP contribution in [0.25, 0.3) is 28.2 Å². The minimum atomic E-state index is 0.0860. The standard InChI is InChI=1S/C32H30N4O2/c1-21-8-9-24(26-15-27-19-35-36-32(27)34-18-26)14-23(21)10-11-29-28-17-30(37-2)31(16-25(28)12-13-33-29)38-20-22-6-4-3-5-7-22/h3-11,14-19,29,33H,12-13,20H2,1-2H3,(H,34,35,36)/b11-10+. The fraction of sp³-hybridized carbons (Fsp3) is 0.188. The highest BCUT2D eigenvalue weighted by Gasteiger charge is 2.21. The molecule has 0 amide bonds. The fourth-order valence-corrected chi connectivity index (χ4v) is 4.97. The van der Waals surface area contributed by atoms with Gasteiger partial charge in [0.25, 0.3) is 0 Å². The van der Waals surface area contributed by atoms with Crippen molar-refractivity contribution >= 4 is 17.1 Å². The number of pyridine rings is 1. The summed E-state index contributed by atoms with van der Waals surface area (Å²) in [5, 5.41) is 11.7. The molecule has 1 atom stereocenters. The lowest BCUT2D eigenvalue weighted by molar-refractivity contribution is 0.283. The third-order valence-corrected chi connectivity index (χ3v) is 7.13. The van der Waals surface area contributed by atoms with Crippen molar-refractivity contribution in [2.45, 2.75) is 26.0 Å². The molecule has 38 heavy (non-hydrogen) atoms. The van der Waals surface area contributed by atoms with Crippen LogP contribution in [0, 0.1) is 6.92 Å². The number of aromatic amines is 1. The van der Waals surface area contributed by atoms with Crippen molar-refractivity contribution in [3.05, 3.63) is 113 Å². The number of nitrogens with one attached hydrogen (secondary N) is 2. The van der Waals surface area contributed by atoms with E-state index in [1.807, 2.05) is 24.4 Å². The average Bonchev–Trinajstić information content (AvgIpc) is 3.44. The fourth-order valence-electron chi connectivity index (χ4n) is 4.97. The molecule has 6 nitrogen and oxygen atoms in total. The van der Waals surface area contributed by atoms with Crippen molar-refractivity contribution in [1.29, 1.82) is 0 Å². The first-order valence-corrected chi connectivity index (χ1v) is 12.9. The summed E-state index contributed by atoms with van der Waals surface area (Å²) in [7, 11) is 1.70. The molecule has 2 aromatic heterocycles. The van der Waals surface area contributed by atoms with Gasteiger partial charge in [0.2, 0.25) is 0 Å². The van der Waals surface area contributed by atoms with E-state index in [1.165, 1.54) is 22.3 Å². The predicted molar refractivity (Wildman–Crippen MR) is 151 cm³/mol. The van der Waals surface area contributed by atoms with Crippen molar-refractivity contribution in [1.82, 2.24) is 20.5 Å².